The summed E-state index contributed by atoms with van der Waals surface area (Å²) in [5, 5.41) is 14.4. The Bertz CT molecular complexity index is 908. The van der Waals surface area contributed by atoms with Gasteiger partial charge in [0, 0.05) is 6.54 Å². The van der Waals surface area contributed by atoms with Crippen molar-refractivity contribution in [3.05, 3.63) is 24.3 Å². The summed E-state index contributed by atoms with van der Waals surface area (Å²) >= 11 is 0. The Morgan fingerprint density at radius 3 is 2.81 bits per heavy atom. The molecule has 2 aromatic rings. The largest absolute Gasteiger partial charge is 0.324 e. The fourth-order valence-corrected chi connectivity index (χ4v) is 4.62. The van der Waals surface area contributed by atoms with E-state index < -0.39 is 12.0 Å². The van der Waals surface area contributed by atoms with Crippen molar-refractivity contribution < 1.29 is 19.6 Å². The van der Waals surface area contributed by atoms with E-state index in [1.165, 1.54) is 5.01 Å². The topological polar surface area (TPSA) is 131 Å². The number of hydrogen-bond donors (Lipinski definition) is 4. The molecular formula is C21H28N6O4. The average molecular weight is 428 g/mol. The first kappa shape index (κ1) is 21.3. The molecule has 4 rings (SSSR count). The lowest BCUT2D eigenvalue weighted by atomic mass is 9.92. The number of hydroxylamine groups is 2. The van der Waals surface area contributed by atoms with Gasteiger partial charge in [-0.3, -0.25) is 29.9 Å². The number of rotatable bonds is 8. The van der Waals surface area contributed by atoms with Crippen molar-refractivity contribution in [3.8, 4) is 0 Å². The van der Waals surface area contributed by atoms with Gasteiger partial charge in [-0.1, -0.05) is 37.8 Å². The van der Waals surface area contributed by atoms with E-state index in [0.29, 0.717) is 42.7 Å². The molecule has 2 aliphatic rings. The van der Waals surface area contributed by atoms with Crippen LogP contribution in [0.2, 0.25) is 0 Å². The number of fused-ring (bicyclic) bond motifs is 1. The van der Waals surface area contributed by atoms with Gasteiger partial charge in [-0.05, 0) is 30.9 Å². The number of para-hydroxylation sites is 2. The zero-order valence-electron chi connectivity index (χ0n) is 17.3. The Kier molecular flexibility index (Phi) is 6.47. The van der Waals surface area contributed by atoms with E-state index in [0.717, 1.165) is 36.7 Å². The van der Waals surface area contributed by atoms with E-state index >= 15 is 0 Å². The fraction of sp³-hybridized carbons (Fsp3) is 0.524. The third-order valence-electron chi connectivity index (χ3n) is 6.15. The quantitative estimate of drug-likeness (QED) is 0.287. The molecule has 166 valence electrons. The van der Waals surface area contributed by atoms with Crippen LogP contribution in [-0.2, 0) is 14.4 Å². The fourth-order valence-electron chi connectivity index (χ4n) is 4.62. The van der Waals surface area contributed by atoms with Crippen LogP contribution >= 0.6 is 0 Å². The van der Waals surface area contributed by atoms with Gasteiger partial charge in [0.2, 0.25) is 18.3 Å². The van der Waals surface area contributed by atoms with Crippen LogP contribution in [0.1, 0.15) is 38.5 Å². The van der Waals surface area contributed by atoms with Crippen LogP contribution in [0.3, 0.4) is 0 Å². The van der Waals surface area contributed by atoms with Crippen molar-refractivity contribution in [2.45, 2.75) is 44.6 Å². The van der Waals surface area contributed by atoms with E-state index in [1.54, 1.807) is 0 Å². The Hall–Kier alpha value is -2.98. The Labute approximate surface area is 179 Å². The molecule has 1 saturated heterocycles. The smallest absolute Gasteiger partial charge is 0.251 e. The predicted octanol–water partition coefficient (Wildman–Crippen LogP) is 1.65. The SMILES string of the molecule is O=CN(O)C[C@@H](CC1CCCC1)C(=O)N1NCCC1C(=O)Nc1nc2ccccc2[nH]1. The van der Waals surface area contributed by atoms with Gasteiger partial charge in [0.15, 0.2) is 0 Å². The van der Waals surface area contributed by atoms with Crippen molar-refractivity contribution >= 4 is 35.2 Å². The molecule has 0 radical (unpaired) electrons. The van der Waals surface area contributed by atoms with Crippen molar-refractivity contribution in [2.75, 3.05) is 18.4 Å². The number of carbonyl (C=O) groups is 3. The minimum absolute atomic E-state index is 0.0884. The van der Waals surface area contributed by atoms with Crippen molar-refractivity contribution in [1.29, 1.82) is 0 Å². The number of anilines is 1. The molecular weight excluding hydrogens is 400 g/mol. The highest BCUT2D eigenvalue weighted by atomic mass is 16.5. The van der Waals surface area contributed by atoms with Crippen LogP contribution in [0.4, 0.5) is 5.95 Å². The summed E-state index contributed by atoms with van der Waals surface area (Å²) in [5.74, 6) is -0.483. The number of aromatic amines is 1. The number of hydrogen-bond acceptors (Lipinski definition) is 6. The van der Waals surface area contributed by atoms with Gasteiger partial charge >= 0.3 is 0 Å². The van der Waals surface area contributed by atoms with E-state index in [1.807, 2.05) is 24.3 Å². The first-order valence-electron chi connectivity index (χ1n) is 10.8. The lowest BCUT2D eigenvalue weighted by Crippen LogP contribution is -2.51. The minimum atomic E-state index is -0.699. The first-order chi connectivity index (χ1) is 15.0. The number of amides is 3. The average Bonchev–Trinajstić information content (AvgIpc) is 3.52. The molecule has 4 N–H and O–H groups in total. The van der Waals surface area contributed by atoms with Crippen LogP contribution < -0.4 is 10.7 Å². The number of hydrazine groups is 1. The van der Waals surface area contributed by atoms with Crippen LogP contribution in [0.15, 0.2) is 24.3 Å². The van der Waals surface area contributed by atoms with Crippen LogP contribution in [-0.4, -0.2) is 62.6 Å². The molecule has 2 heterocycles. The van der Waals surface area contributed by atoms with Crippen LogP contribution in [0.25, 0.3) is 11.0 Å². The molecule has 1 unspecified atom stereocenters. The van der Waals surface area contributed by atoms with Crippen molar-refractivity contribution in [1.82, 2.24) is 25.5 Å². The summed E-state index contributed by atoms with van der Waals surface area (Å²) in [7, 11) is 0. The van der Waals surface area contributed by atoms with Gasteiger partial charge in [0.05, 0.1) is 23.5 Å². The van der Waals surface area contributed by atoms with Gasteiger partial charge in [-0.25, -0.2) is 15.5 Å². The molecule has 3 amide bonds. The summed E-state index contributed by atoms with van der Waals surface area (Å²) in [4.78, 5) is 44.6. The second-order valence-electron chi connectivity index (χ2n) is 8.32. The summed E-state index contributed by atoms with van der Waals surface area (Å²) in [6.45, 7) is 0.394. The van der Waals surface area contributed by atoms with Gasteiger partial charge in [0.25, 0.3) is 5.91 Å². The van der Waals surface area contributed by atoms with Gasteiger partial charge in [0.1, 0.15) is 6.04 Å². The molecule has 10 heteroatoms. The number of aromatic nitrogens is 2. The van der Waals surface area contributed by atoms with Gasteiger partial charge in [-0.15, -0.1) is 0 Å². The minimum Gasteiger partial charge on any atom is -0.324 e. The summed E-state index contributed by atoms with van der Waals surface area (Å²) in [5.41, 5.74) is 4.55. The first-order valence-corrected chi connectivity index (χ1v) is 10.8. The number of benzene rings is 1. The highest BCUT2D eigenvalue weighted by Crippen LogP contribution is 2.31. The van der Waals surface area contributed by atoms with E-state index in [2.05, 4.69) is 20.7 Å². The van der Waals surface area contributed by atoms with E-state index in [4.69, 9.17) is 0 Å². The van der Waals surface area contributed by atoms with Crippen molar-refractivity contribution in [3.63, 3.8) is 0 Å². The Morgan fingerprint density at radius 1 is 1.29 bits per heavy atom. The van der Waals surface area contributed by atoms with Gasteiger partial charge < -0.3 is 4.98 Å². The van der Waals surface area contributed by atoms with Crippen LogP contribution in [0.5, 0.6) is 0 Å². The highest BCUT2D eigenvalue weighted by molar-refractivity contribution is 5.97. The number of carbonyl (C=O) groups excluding carboxylic acids is 3. The predicted molar refractivity (Wildman–Crippen MR) is 113 cm³/mol. The molecule has 1 aliphatic heterocycles. The standard InChI is InChI=1S/C21H28N6O4/c28-13-26(31)12-15(11-14-5-1-2-6-14)20(30)27-18(9-10-22-27)19(29)25-21-23-16-7-3-4-8-17(16)24-21/h3-4,7-8,13-15,18,22,31H,1-2,5-6,9-12H2,(H2,23,24,25,29)/t15-,18?/m1/s1. The lowest BCUT2D eigenvalue weighted by Gasteiger charge is -2.29. The van der Waals surface area contributed by atoms with Gasteiger partial charge in [-0.2, -0.15) is 0 Å². The molecule has 31 heavy (non-hydrogen) atoms. The monoisotopic (exact) mass is 428 g/mol. The molecule has 0 spiro atoms. The zero-order chi connectivity index (χ0) is 21.8. The summed E-state index contributed by atoms with van der Waals surface area (Å²) < 4.78 is 0. The lowest BCUT2D eigenvalue weighted by molar-refractivity contribution is -0.159. The Morgan fingerprint density at radius 2 is 2.06 bits per heavy atom. The third-order valence-corrected chi connectivity index (χ3v) is 6.15. The van der Waals surface area contributed by atoms with E-state index in [-0.39, 0.29) is 18.4 Å². The molecule has 1 saturated carbocycles. The van der Waals surface area contributed by atoms with Crippen LogP contribution in [0, 0.1) is 11.8 Å². The summed E-state index contributed by atoms with van der Waals surface area (Å²) in [6, 6.07) is 6.75. The molecule has 2 atom stereocenters. The molecule has 10 nitrogen and oxygen atoms in total. The maximum absolute atomic E-state index is 13.3. The highest BCUT2D eigenvalue weighted by Gasteiger charge is 2.39. The number of H-pyrrole nitrogens is 1. The number of nitrogens with one attached hydrogen (secondary N) is 3. The zero-order valence-corrected chi connectivity index (χ0v) is 17.3. The van der Waals surface area contributed by atoms with Crippen molar-refractivity contribution in [2.24, 2.45) is 11.8 Å². The third kappa shape index (κ3) is 4.86. The molecule has 1 aromatic carbocycles. The molecule has 1 aromatic heterocycles. The normalized spacial score (nSPS) is 20.2. The van der Waals surface area contributed by atoms with E-state index in [9.17, 15) is 19.6 Å². The number of imidazole rings is 1. The second-order valence-corrected chi connectivity index (χ2v) is 8.32. The summed E-state index contributed by atoms with van der Waals surface area (Å²) in [6.07, 6.45) is 5.70. The molecule has 2 fully saturated rings. The molecule has 1 aliphatic carbocycles. The maximum Gasteiger partial charge on any atom is 0.251 e. The maximum atomic E-state index is 13.3. The second kappa shape index (κ2) is 9.44. The number of nitrogens with zero attached hydrogens (tertiary/aromatic N) is 3. The molecule has 0 bridgehead atoms. The Balaban J connectivity index is 1.45.